The standard InChI is InChI=1S/C9H17N3O4S3/c10-4(1-17)7(13)11-5(2-18)8(14)12-6(3-19)9(15)16/h4-6,17-19H,1-3,10H2,(H,11,13)(H,12,14)(H,15,16)/t4-,5-,6-/m0/s1. The highest BCUT2D eigenvalue weighted by Crippen LogP contribution is 1.95. The Bertz CT molecular complexity index is 343. The third kappa shape index (κ3) is 6.41. The number of thiol groups is 3. The Morgan fingerprint density at radius 1 is 0.947 bits per heavy atom. The topological polar surface area (TPSA) is 122 Å². The molecule has 0 aliphatic carbocycles. The van der Waals surface area contributed by atoms with Crippen molar-refractivity contribution in [1.29, 1.82) is 0 Å². The van der Waals surface area contributed by atoms with Crippen LogP contribution in [0.1, 0.15) is 0 Å². The fraction of sp³-hybridized carbons (Fsp3) is 0.667. The van der Waals surface area contributed by atoms with Crippen LogP contribution in [0, 0.1) is 0 Å². The molecule has 0 aromatic heterocycles. The fourth-order valence-corrected chi connectivity index (χ4v) is 1.68. The molecule has 0 aromatic rings. The molecule has 0 spiro atoms. The molecule has 0 bridgehead atoms. The molecule has 0 rings (SSSR count). The summed E-state index contributed by atoms with van der Waals surface area (Å²) in [6, 6.07) is -2.95. The maximum absolute atomic E-state index is 11.8. The number of amides is 2. The molecule has 2 amide bonds. The number of hydrogen-bond acceptors (Lipinski definition) is 7. The normalized spacial score (nSPS) is 15.2. The van der Waals surface area contributed by atoms with Crippen LogP contribution in [0.15, 0.2) is 0 Å². The van der Waals surface area contributed by atoms with Gasteiger partial charge in [0.25, 0.3) is 0 Å². The summed E-state index contributed by atoms with van der Waals surface area (Å²) in [6.45, 7) is 0. The molecule has 0 saturated carbocycles. The number of carboxylic acids is 1. The van der Waals surface area contributed by atoms with E-state index in [-0.39, 0.29) is 17.3 Å². The second-order valence-corrected chi connectivity index (χ2v) is 4.71. The molecule has 0 aliphatic heterocycles. The van der Waals surface area contributed by atoms with Gasteiger partial charge in [0, 0.05) is 17.3 Å². The highest BCUT2D eigenvalue weighted by molar-refractivity contribution is 7.80. The lowest BCUT2D eigenvalue weighted by molar-refractivity contribution is -0.141. The average Bonchev–Trinajstić information content (AvgIpc) is 2.39. The van der Waals surface area contributed by atoms with E-state index < -0.39 is 35.9 Å². The van der Waals surface area contributed by atoms with Crippen LogP contribution in [-0.2, 0) is 14.4 Å². The fourth-order valence-electron chi connectivity index (χ4n) is 1.01. The van der Waals surface area contributed by atoms with Crippen molar-refractivity contribution in [3.05, 3.63) is 0 Å². The molecule has 10 heteroatoms. The van der Waals surface area contributed by atoms with Crippen LogP contribution in [0.5, 0.6) is 0 Å². The Morgan fingerprint density at radius 2 is 1.42 bits per heavy atom. The third-order valence-electron chi connectivity index (χ3n) is 2.15. The van der Waals surface area contributed by atoms with E-state index in [1.807, 2.05) is 0 Å². The Morgan fingerprint density at radius 3 is 1.79 bits per heavy atom. The summed E-state index contributed by atoms with van der Waals surface area (Å²) in [5, 5.41) is 13.4. The van der Waals surface area contributed by atoms with Crippen LogP contribution in [0.2, 0.25) is 0 Å². The van der Waals surface area contributed by atoms with Crippen LogP contribution in [0.25, 0.3) is 0 Å². The minimum Gasteiger partial charge on any atom is -0.480 e. The SMILES string of the molecule is N[C@@H](CS)C(=O)N[C@@H](CS)C(=O)N[C@@H](CS)C(=O)O. The van der Waals surface area contributed by atoms with Crippen molar-refractivity contribution in [1.82, 2.24) is 10.6 Å². The van der Waals surface area contributed by atoms with Crippen molar-refractivity contribution in [2.45, 2.75) is 18.1 Å². The van der Waals surface area contributed by atoms with Crippen LogP contribution in [0.4, 0.5) is 0 Å². The summed E-state index contributed by atoms with van der Waals surface area (Å²) >= 11 is 11.6. The van der Waals surface area contributed by atoms with Crippen molar-refractivity contribution < 1.29 is 19.5 Å². The van der Waals surface area contributed by atoms with E-state index in [0.717, 1.165) is 0 Å². The molecule has 0 saturated heterocycles. The zero-order valence-electron chi connectivity index (χ0n) is 9.94. The lowest BCUT2D eigenvalue weighted by Crippen LogP contribution is -2.55. The van der Waals surface area contributed by atoms with Crippen LogP contribution >= 0.6 is 37.9 Å². The molecule has 3 atom stereocenters. The highest BCUT2D eigenvalue weighted by atomic mass is 32.1. The van der Waals surface area contributed by atoms with Gasteiger partial charge < -0.3 is 21.5 Å². The van der Waals surface area contributed by atoms with Crippen LogP contribution in [0.3, 0.4) is 0 Å². The van der Waals surface area contributed by atoms with Gasteiger partial charge in [-0.3, -0.25) is 9.59 Å². The zero-order chi connectivity index (χ0) is 15.0. The van der Waals surface area contributed by atoms with E-state index in [1.54, 1.807) is 0 Å². The molecule has 19 heavy (non-hydrogen) atoms. The molecule has 0 fully saturated rings. The second kappa shape index (κ2) is 9.34. The van der Waals surface area contributed by atoms with E-state index >= 15 is 0 Å². The minimum atomic E-state index is -1.21. The average molecular weight is 327 g/mol. The van der Waals surface area contributed by atoms with Gasteiger partial charge in [0.15, 0.2) is 0 Å². The highest BCUT2D eigenvalue weighted by Gasteiger charge is 2.26. The first kappa shape index (κ1) is 18.4. The van der Waals surface area contributed by atoms with Crippen molar-refractivity contribution >= 4 is 55.7 Å². The molecule has 0 aliphatic rings. The molecule has 110 valence electrons. The summed E-state index contributed by atoms with van der Waals surface area (Å²) in [5.41, 5.74) is 5.44. The van der Waals surface area contributed by atoms with Crippen LogP contribution < -0.4 is 16.4 Å². The number of nitrogens with two attached hydrogens (primary N) is 1. The lowest BCUT2D eigenvalue weighted by atomic mass is 10.2. The summed E-state index contributed by atoms with van der Waals surface area (Å²) in [4.78, 5) is 34.0. The Kier molecular flexibility index (Phi) is 9.06. The number of carboxylic acid groups (broad SMARTS) is 1. The van der Waals surface area contributed by atoms with E-state index in [1.165, 1.54) is 0 Å². The largest absolute Gasteiger partial charge is 0.480 e. The Balaban J connectivity index is 4.56. The predicted molar refractivity (Wildman–Crippen MR) is 81.0 cm³/mol. The van der Waals surface area contributed by atoms with Gasteiger partial charge in [0.1, 0.15) is 12.1 Å². The van der Waals surface area contributed by atoms with Gasteiger partial charge in [0.05, 0.1) is 6.04 Å². The van der Waals surface area contributed by atoms with Gasteiger partial charge >= 0.3 is 5.97 Å². The van der Waals surface area contributed by atoms with Gasteiger partial charge in [-0.2, -0.15) is 37.9 Å². The summed E-state index contributed by atoms with van der Waals surface area (Å²) < 4.78 is 0. The number of carbonyl (C=O) groups is 3. The van der Waals surface area contributed by atoms with Gasteiger partial charge in [-0.15, -0.1) is 0 Å². The molecule has 7 nitrogen and oxygen atoms in total. The molecule has 5 N–H and O–H groups in total. The first-order valence-electron chi connectivity index (χ1n) is 5.29. The predicted octanol–water partition coefficient (Wildman–Crippen LogP) is -1.84. The minimum absolute atomic E-state index is 0.00970. The van der Waals surface area contributed by atoms with Crippen molar-refractivity contribution in [2.24, 2.45) is 5.73 Å². The second-order valence-electron chi connectivity index (χ2n) is 3.61. The molecule has 0 heterocycles. The number of hydrogen-bond donors (Lipinski definition) is 7. The first-order chi connectivity index (χ1) is 8.87. The van der Waals surface area contributed by atoms with Crippen LogP contribution in [-0.4, -0.2) is 58.3 Å². The van der Waals surface area contributed by atoms with Gasteiger partial charge in [-0.25, -0.2) is 4.79 Å². The van der Waals surface area contributed by atoms with E-state index in [9.17, 15) is 14.4 Å². The van der Waals surface area contributed by atoms with E-state index in [4.69, 9.17) is 10.8 Å². The lowest BCUT2D eigenvalue weighted by Gasteiger charge is -2.20. The number of aliphatic carboxylic acids is 1. The summed E-state index contributed by atoms with van der Waals surface area (Å²) in [6.07, 6.45) is 0. The summed E-state index contributed by atoms with van der Waals surface area (Å²) in [7, 11) is 0. The van der Waals surface area contributed by atoms with Crippen molar-refractivity contribution in [3.63, 3.8) is 0 Å². The van der Waals surface area contributed by atoms with Gasteiger partial charge in [-0.05, 0) is 0 Å². The maximum atomic E-state index is 11.8. The van der Waals surface area contributed by atoms with E-state index in [0.29, 0.717) is 0 Å². The van der Waals surface area contributed by atoms with Crippen molar-refractivity contribution in [3.8, 4) is 0 Å². The zero-order valence-corrected chi connectivity index (χ0v) is 12.6. The van der Waals surface area contributed by atoms with Gasteiger partial charge in [-0.1, -0.05) is 0 Å². The Hall–Kier alpha value is -0.580. The first-order valence-corrected chi connectivity index (χ1v) is 7.18. The molecule has 0 aromatic carbocycles. The van der Waals surface area contributed by atoms with E-state index in [2.05, 4.69) is 48.5 Å². The number of rotatable bonds is 8. The summed E-state index contributed by atoms with van der Waals surface area (Å²) in [5.74, 6) is -2.35. The monoisotopic (exact) mass is 327 g/mol. The van der Waals surface area contributed by atoms with Gasteiger partial charge in [0.2, 0.25) is 11.8 Å². The smallest absolute Gasteiger partial charge is 0.327 e. The molecular weight excluding hydrogens is 310 g/mol. The maximum Gasteiger partial charge on any atom is 0.327 e. The Labute approximate surface area is 127 Å². The molecule has 0 radical (unpaired) electrons. The third-order valence-corrected chi connectivity index (χ3v) is 3.27. The van der Waals surface area contributed by atoms with Crippen molar-refractivity contribution in [2.75, 3.05) is 17.3 Å². The number of carbonyl (C=O) groups excluding carboxylic acids is 2. The number of nitrogens with one attached hydrogen (secondary N) is 2. The molecule has 0 unspecified atom stereocenters. The quantitative estimate of drug-likeness (QED) is 0.264. The molecular formula is C9H17N3O4S3.